The van der Waals surface area contributed by atoms with Gasteiger partial charge in [0.25, 0.3) is 0 Å². The topological polar surface area (TPSA) is 9.23 Å². The van der Waals surface area contributed by atoms with Gasteiger partial charge in [-0.05, 0) is 54.3 Å². The summed E-state index contributed by atoms with van der Waals surface area (Å²) in [5, 5.41) is 0.571. The second kappa shape index (κ2) is 5.85. The van der Waals surface area contributed by atoms with E-state index >= 15 is 0 Å². The predicted octanol–water partition coefficient (Wildman–Crippen LogP) is 5.29. The number of hydrogen-bond acceptors (Lipinski definition) is 1. The third-order valence-corrected chi connectivity index (χ3v) is 4.10. The summed E-state index contributed by atoms with van der Waals surface area (Å²) >= 11 is 12.7. The maximum atomic E-state index is 6.59. The molecule has 0 aliphatic rings. The van der Waals surface area contributed by atoms with E-state index in [9.17, 15) is 0 Å². The van der Waals surface area contributed by atoms with E-state index in [1.54, 1.807) is 7.11 Å². The minimum Gasteiger partial charge on any atom is -0.497 e. The third-order valence-electron chi connectivity index (χ3n) is 3.21. The zero-order valence-corrected chi connectivity index (χ0v) is 12.7. The molecule has 2 aromatic carbocycles. The highest BCUT2D eigenvalue weighted by molar-refractivity contribution is 6.31. The summed E-state index contributed by atoms with van der Waals surface area (Å²) in [7, 11) is 1.65. The molecule has 0 aliphatic heterocycles. The van der Waals surface area contributed by atoms with Crippen LogP contribution in [-0.2, 0) is 0 Å². The molecule has 0 amide bonds. The highest BCUT2D eigenvalue weighted by atomic mass is 35.5. The van der Waals surface area contributed by atoms with Gasteiger partial charge in [-0.25, -0.2) is 0 Å². The molecule has 0 spiro atoms. The van der Waals surface area contributed by atoms with Crippen LogP contribution >= 0.6 is 23.2 Å². The molecule has 1 atom stereocenters. The molecule has 0 saturated heterocycles. The molecule has 0 N–H and O–H groups in total. The number of aryl methyl sites for hydroxylation is 2. The summed E-state index contributed by atoms with van der Waals surface area (Å²) in [5.74, 6) is 0.812. The molecule has 3 heteroatoms. The smallest absolute Gasteiger partial charge is 0.119 e. The summed E-state index contributed by atoms with van der Waals surface area (Å²) in [6, 6.07) is 11.8. The Morgan fingerprint density at radius 1 is 1.05 bits per heavy atom. The molecular formula is C16H16Cl2O. The number of hydrogen-bond donors (Lipinski definition) is 0. The monoisotopic (exact) mass is 294 g/mol. The molecule has 1 unspecified atom stereocenters. The van der Waals surface area contributed by atoms with Crippen LogP contribution in [-0.4, -0.2) is 7.11 Å². The van der Waals surface area contributed by atoms with Crippen molar-refractivity contribution in [2.45, 2.75) is 19.2 Å². The molecular weight excluding hydrogens is 279 g/mol. The Labute approximate surface area is 124 Å². The Bertz CT molecular complexity index is 593. The Balaban J connectivity index is 2.43. The zero-order chi connectivity index (χ0) is 14.0. The van der Waals surface area contributed by atoms with Gasteiger partial charge in [-0.15, -0.1) is 11.6 Å². The number of alkyl halides is 1. The normalized spacial score (nSPS) is 12.3. The number of ether oxygens (including phenoxy) is 1. The van der Waals surface area contributed by atoms with Crippen LogP contribution in [0.25, 0.3) is 0 Å². The molecule has 1 nitrogen and oxygen atoms in total. The van der Waals surface area contributed by atoms with E-state index in [4.69, 9.17) is 27.9 Å². The zero-order valence-electron chi connectivity index (χ0n) is 11.2. The fourth-order valence-electron chi connectivity index (χ4n) is 2.06. The maximum Gasteiger partial charge on any atom is 0.119 e. The summed E-state index contributed by atoms with van der Waals surface area (Å²) in [5.41, 5.74) is 4.23. The van der Waals surface area contributed by atoms with E-state index in [1.165, 1.54) is 0 Å². The van der Waals surface area contributed by atoms with Crippen molar-refractivity contribution in [2.75, 3.05) is 7.11 Å². The molecule has 19 heavy (non-hydrogen) atoms. The molecule has 0 heterocycles. The van der Waals surface area contributed by atoms with Gasteiger partial charge in [0.15, 0.2) is 0 Å². The van der Waals surface area contributed by atoms with Crippen molar-refractivity contribution < 1.29 is 4.74 Å². The van der Waals surface area contributed by atoms with Crippen LogP contribution in [0.3, 0.4) is 0 Å². The van der Waals surface area contributed by atoms with Crippen molar-refractivity contribution in [1.82, 2.24) is 0 Å². The van der Waals surface area contributed by atoms with E-state index in [1.807, 2.05) is 44.2 Å². The molecule has 0 saturated carbocycles. The van der Waals surface area contributed by atoms with E-state index in [0.29, 0.717) is 0 Å². The molecule has 0 fully saturated rings. The van der Waals surface area contributed by atoms with Crippen molar-refractivity contribution >= 4 is 23.2 Å². The Morgan fingerprint density at radius 3 is 2.47 bits per heavy atom. The lowest BCUT2D eigenvalue weighted by molar-refractivity contribution is 0.414. The van der Waals surface area contributed by atoms with Gasteiger partial charge in [0.05, 0.1) is 12.5 Å². The minimum atomic E-state index is -0.203. The quantitative estimate of drug-likeness (QED) is 0.699. The average Bonchev–Trinajstić information content (AvgIpc) is 2.42. The third kappa shape index (κ3) is 3.05. The van der Waals surface area contributed by atoms with Gasteiger partial charge in [-0.3, -0.25) is 0 Å². The van der Waals surface area contributed by atoms with Crippen LogP contribution in [0.1, 0.15) is 27.6 Å². The van der Waals surface area contributed by atoms with Crippen LogP contribution in [0.2, 0.25) is 5.02 Å². The molecule has 0 aromatic heterocycles. The highest BCUT2D eigenvalue weighted by Crippen LogP contribution is 2.34. The summed E-state index contributed by atoms with van der Waals surface area (Å²) < 4.78 is 5.23. The van der Waals surface area contributed by atoms with Crippen LogP contribution in [0.15, 0.2) is 36.4 Å². The lowest BCUT2D eigenvalue weighted by Gasteiger charge is -2.15. The highest BCUT2D eigenvalue weighted by Gasteiger charge is 2.15. The first kappa shape index (κ1) is 14.2. The van der Waals surface area contributed by atoms with Gasteiger partial charge in [0.1, 0.15) is 5.75 Å². The second-order valence-electron chi connectivity index (χ2n) is 4.60. The van der Waals surface area contributed by atoms with Gasteiger partial charge in [-0.2, -0.15) is 0 Å². The van der Waals surface area contributed by atoms with Crippen molar-refractivity contribution in [1.29, 1.82) is 0 Å². The molecule has 2 rings (SSSR count). The van der Waals surface area contributed by atoms with Crippen LogP contribution in [0.4, 0.5) is 0 Å². The van der Waals surface area contributed by atoms with Crippen molar-refractivity contribution in [3.63, 3.8) is 0 Å². The molecule has 100 valence electrons. The fourth-order valence-corrected chi connectivity index (χ4v) is 2.64. The average molecular weight is 295 g/mol. The Morgan fingerprint density at radius 2 is 1.79 bits per heavy atom. The first-order chi connectivity index (χ1) is 9.02. The van der Waals surface area contributed by atoms with Crippen LogP contribution < -0.4 is 4.74 Å². The summed E-state index contributed by atoms with van der Waals surface area (Å²) in [6.45, 7) is 4.01. The number of rotatable bonds is 3. The van der Waals surface area contributed by atoms with Gasteiger partial charge in [0, 0.05) is 5.02 Å². The largest absolute Gasteiger partial charge is 0.497 e. The van der Waals surface area contributed by atoms with E-state index in [0.717, 1.165) is 33.0 Å². The van der Waals surface area contributed by atoms with Gasteiger partial charge in [0.2, 0.25) is 0 Å². The number of methoxy groups -OCH3 is 1. The first-order valence-electron chi connectivity index (χ1n) is 6.07. The van der Waals surface area contributed by atoms with E-state index in [2.05, 4.69) is 6.07 Å². The summed E-state index contributed by atoms with van der Waals surface area (Å²) in [4.78, 5) is 0. The molecule has 0 aliphatic carbocycles. The Hall–Kier alpha value is -1.18. The Kier molecular flexibility index (Phi) is 4.38. The van der Waals surface area contributed by atoms with E-state index in [-0.39, 0.29) is 5.38 Å². The number of halogens is 2. The van der Waals surface area contributed by atoms with Crippen LogP contribution in [0, 0.1) is 13.8 Å². The van der Waals surface area contributed by atoms with E-state index < -0.39 is 0 Å². The van der Waals surface area contributed by atoms with Gasteiger partial charge in [-0.1, -0.05) is 29.8 Å². The van der Waals surface area contributed by atoms with Crippen LogP contribution in [0.5, 0.6) is 5.75 Å². The lowest BCUT2D eigenvalue weighted by Crippen LogP contribution is -1.98. The minimum absolute atomic E-state index is 0.203. The molecule has 0 bridgehead atoms. The second-order valence-corrected chi connectivity index (χ2v) is 5.44. The van der Waals surface area contributed by atoms with Gasteiger partial charge < -0.3 is 4.74 Å². The SMILES string of the molecule is COc1cccc(C(Cl)c2cc(C)c(Cl)cc2C)c1. The number of benzene rings is 2. The van der Waals surface area contributed by atoms with Crippen molar-refractivity contribution in [3.05, 3.63) is 63.7 Å². The first-order valence-corrected chi connectivity index (χ1v) is 6.89. The standard InChI is InChI=1S/C16H16Cl2O/c1-10-8-15(17)11(2)7-14(10)16(18)12-5-4-6-13(9-12)19-3/h4-9,16H,1-3H3. The van der Waals surface area contributed by atoms with Crippen molar-refractivity contribution in [3.8, 4) is 5.75 Å². The van der Waals surface area contributed by atoms with Crippen molar-refractivity contribution in [2.24, 2.45) is 0 Å². The summed E-state index contributed by atoms with van der Waals surface area (Å²) in [6.07, 6.45) is 0. The lowest BCUT2D eigenvalue weighted by atomic mass is 9.98. The maximum absolute atomic E-state index is 6.59. The molecule has 0 radical (unpaired) electrons. The molecule has 2 aromatic rings. The van der Waals surface area contributed by atoms with Gasteiger partial charge >= 0.3 is 0 Å². The predicted molar refractivity (Wildman–Crippen MR) is 81.6 cm³/mol. The fraction of sp³-hybridized carbons (Fsp3) is 0.250.